The largest absolute Gasteiger partial charge is 0.464 e. The lowest BCUT2D eigenvalue weighted by molar-refractivity contribution is -0.148. The first-order valence-corrected chi connectivity index (χ1v) is 8.01. The molecule has 110 valence electrons. The van der Waals surface area contributed by atoms with Crippen LogP contribution in [0.25, 0.3) is 0 Å². The second-order valence-corrected chi connectivity index (χ2v) is 6.21. The van der Waals surface area contributed by atoms with E-state index in [-0.39, 0.29) is 11.8 Å². The number of thioether (sulfide) groups is 1. The van der Waals surface area contributed by atoms with Crippen molar-refractivity contribution < 1.29 is 13.9 Å². The summed E-state index contributed by atoms with van der Waals surface area (Å²) in [7, 11) is 0. The minimum absolute atomic E-state index is 0.242. The van der Waals surface area contributed by atoms with E-state index in [0.717, 1.165) is 17.7 Å². The van der Waals surface area contributed by atoms with Crippen molar-refractivity contribution in [2.45, 2.75) is 32.2 Å². The molecule has 1 aliphatic heterocycles. The topological polar surface area (TPSA) is 38.3 Å². The molecule has 0 amide bonds. The SMILES string of the molecule is CCOC(=O)C1(Nc2cc(C)cc(F)c2)CCCSC1. The first kappa shape index (κ1) is 15.2. The standard InChI is InChI=1S/C15H20FNO2S/c1-3-19-14(18)15(5-4-6-20-10-15)17-13-8-11(2)7-12(16)9-13/h7-9,17H,3-6,10H2,1-2H3. The van der Waals surface area contributed by atoms with Crippen molar-refractivity contribution in [2.75, 3.05) is 23.4 Å². The molecule has 20 heavy (non-hydrogen) atoms. The highest BCUT2D eigenvalue weighted by Crippen LogP contribution is 2.32. The van der Waals surface area contributed by atoms with Gasteiger partial charge in [-0.25, -0.2) is 9.18 Å². The number of carbonyl (C=O) groups excluding carboxylic acids is 1. The van der Waals surface area contributed by atoms with Crippen LogP contribution in [0, 0.1) is 12.7 Å². The van der Waals surface area contributed by atoms with Crippen molar-refractivity contribution in [3.8, 4) is 0 Å². The maximum atomic E-state index is 13.5. The van der Waals surface area contributed by atoms with Gasteiger partial charge in [-0.1, -0.05) is 0 Å². The molecule has 0 radical (unpaired) electrons. The molecular formula is C15H20FNO2S. The Morgan fingerprint density at radius 2 is 2.30 bits per heavy atom. The van der Waals surface area contributed by atoms with Crippen LogP contribution in [0.2, 0.25) is 0 Å². The van der Waals surface area contributed by atoms with E-state index >= 15 is 0 Å². The van der Waals surface area contributed by atoms with Gasteiger partial charge >= 0.3 is 5.97 Å². The molecule has 1 aromatic rings. The molecule has 1 heterocycles. The van der Waals surface area contributed by atoms with E-state index in [1.807, 2.05) is 13.0 Å². The molecular weight excluding hydrogens is 277 g/mol. The van der Waals surface area contributed by atoms with Crippen molar-refractivity contribution in [2.24, 2.45) is 0 Å². The quantitative estimate of drug-likeness (QED) is 0.865. The summed E-state index contributed by atoms with van der Waals surface area (Å²) in [4.78, 5) is 12.3. The van der Waals surface area contributed by atoms with Gasteiger partial charge in [0.1, 0.15) is 11.4 Å². The molecule has 0 bridgehead atoms. The highest BCUT2D eigenvalue weighted by atomic mass is 32.2. The highest BCUT2D eigenvalue weighted by Gasteiger charge is 2.41. The van der Waals surface area contributed by atoms with Crippen LogP contribution in [-0.2, 0) is 9.53 Å². The van der Waals surface area contributed by atoms with Crippen LogP contribution >= 0.6 is 11.8 Å². The van der Waals surface area contributed by atoms with E-state index in [4.69, 9.17) is 4.74 Å². The number of ether oxygens (including phenoxy) is 1. The van der Waals surface area contributed by atoms with Gasteiger partial charge in [0.25, 0.3) is 0 Å². The summed E-state index contributed by atoms with van der Waals surface area (Å²) < 4.78 is 18.7. The number of nitrogens with one attached hydrogen (secondary N) is 1. The Bertz CT molecular complexity index is 467. The fraction of sp³-hybridized carbons (Fsp3) is 0.533. The second-order valence-electron chi connectivity index (χ2n) is 5.10. The van der Waals surface area contributed by atoms with Crippen molar-refractivity contribution in [1.82, 2.24) is 0 Å². The third-order valence-electron chi connectivity index (χ3n) is 3.33. The fourth-order valence-corrected chi connectivity index (χ4v) is 3.63. The summed E-state index contributed by atoms with van der Waals surface area (Å²) in [5.74, 6) is 1.16. The number of halogens is 1. The highest BCUT2D eigenvalue weighted by molar-refractivity contribution is 7.99. The zero-order chi connectivity index (χ0) is 14.6. The number of rotatable bonds is 4. The van der Waals surface area contributed by atoms with Crippen molar-refractivity contribution >= 4 is 23.4 Å². The molecule has 2 rings (SSSR count). The van der Waals surface area contributed by atoms with Gasteiger partial charge in [0, 0.05) is 11.4 Å². The minimum Gasteiger partial charge on any atom is -0.464 e. The normalized spacial score (nSPS) is 22.4. The Balaban J connectivity index is 2.25. The predicted octanol–water partition coefficient (Wildman–Crippen LogP) is 3.37. The van der Waals surface area contributed by atoms with Gasteiger partial charge in [-0.2, -0.15) is 11.8 Å². The minimum atomic E-state index is -0.737. The smallest absolute Gasteiger partial charge is 0.332 e. The molecule has 1 saturated heterocycles. The average molecular weight is 297 g/mol. The number of hydrogen-bond acceptors (Lipinski definition) is 4. The Kier molecular flexibility index (Phi) is 4.91. The van der Waals surface area contributed by atoms with Gasteiger partial charge in [-0.05, 0) is 56.2 Å². The lowest BCUT2D eigenvalue weighted by atomic mass is 9.94. The van der Waals surface area contributed by atoms with E-state index in [1.54, 1.807) is 18.7 Å². The first-order valence-electron chi connectivity index (χ1n) is 6.86. The van der Waals surface area contributed by atoms with Crippen LogP contribution in [-0.4, -0.2) is 29.6 Å². The Hall–Kier alpha value is -1.23. The molecule has 0 aromatic heterocycles. The Morgan fingerprint density at radius 1 is 1.50 bits per heavy atom. The van der Waals surface area contributed by atoms with E-state index in [1.165, 1.54) is 12.1 Å². The molecule has 0 aliphatic carbocycles. The molecule has 1 atom stereocenters. The van der Waals surface area contributed by atoms with E-state index in [9.17, 15) is 9.18 Å². The molecule has 1 aromatic carbocycles. The number of benzene rings is 1. The van der Waals surface area contributed by atoms with Gasteiger partial charge in [-0.3, -0.25) is 0 Å². The predicted molar refractivity (Wildman–Crippen MR) is 80.7 cm³/mol. The molecule has 1 fully saturated rings. The average Bonchev–Trinajstić information content (AvgIpc) is 2.38. The molecule has 5 heteroatoms. The molecule has 1 aliphatic rings. The molecule has 0 spiro atoms. The number of anilines is 1. The Labute approximate surface area is 123 Å². The lowest BCUT2D eigenvalue weighted by Gasteiger charge is -2.36. The van der Waals surface area contributed by atoms with Gasteiger partial charge < -0.3 is 10.1 Å². The summed E-state index contributed by atoms with van der Waals surface area (Å²) in [5, 5.41) is 3.23. The van der Waals surface area contributed by atoms with Gasteiger partial charge in [0.15, 0.2) is 0 Å². The van der Waals surface area contributed by atoms with E-state index < -0.39 is 5.54 Å². The number of esters is 1. The summed E-state index contributed by atoms with van der Waals surface area (Å²) in [6, 6.07) is 4.74. The third-order valence-corrected chi connectivity index (χ3v) is 4.61. The molecule has 1 unspecified atom stereocenters. The maximum absolute atomic E-state index is 13.5. The van der Waals surface area contributed by atoms with Crippen LogP contribution in [0.15, 0.2) is 18.2 Å². The van der Waals surface area contributed by atoms with Crippen LogP contribution in [0.1, 0.15) is 25.3 Å². The Morgan fingerprint density at radius 3 is 2.90 bits per heavy atom. The third kappa shape index (κ3) is 3.45. The fourth-order valence-electron chi connectivity index (χ4n) is 2.46. The summed E-state index contributed by atoms with van der Waals surface area (Å²) in [6.45, 7) is 3.99. The zero-order valence-corrected chi connectivity index (χ0v) is 12.7. The summed E-state index contributed by atoms with van der Waals surface area (Å²) >= 11 is 1.73. The monoisotopic (exact) mass is 297 g/mol. The van der Waals surface area contributed by atoms with Crippen molar-refractivity contribution in [3.05, 3.63) is 29.6 Å². The van der Waals surface area contributed by atoms with Crippen LogP contribution in [0.3, 0.4) is 0 Å². The van der Waals surface area contributed by atoms with Crippen LogP contribution in [0.4, 0.5) is 10.1 Å². The molecule has 0 saturated carbocycles. The molecule has 3 nitrogen and oxygen atoms in total. The number of hydrogen-bond donors (Lipinski definition) is 1. The van der Waals surface area contributed by atoms with Crippen LogP contribution in [0.5, 0.6) is 0 Å². The number of aryl methyl sites for hydroxylation is 1. The molecule has 1 N–H and O–H groups in total. The number of carbonyl (C=O) groups is 1. The maximum Gasteiger partial charge on any atom is 0.332 e. The van der Waals surface area contributed by atoms with E-state index in [2.05, 4.69) is 5.32 Å². The van der Waals surface area contributed by atoms with E-state index in [0.29, 0.717) is 24.5 Å². The van der Waals surface area contributed by atoms with Gasteiger partial charge in [-0.15, -0.1) is 0 Å². The summed E-state index contributed by atoms with van der Waals surface area (Å²) in [6.07, 6.45) is 1.67. The van der Waals surface area contributed by atoms with Crippen molar-refractivity contribution in [3.63, 3.8) is 0 Å². The zero-order valence-electron chi connectivity index (χ0n) is 11.9. The van der Waals surface area contributed by atoms with Gasteiger partial charge in [0.05, 0.1) is 6.61 Å². The second kappa shape index (κ2) is 6.48. The van der Waals surface area contributed by atoms with Gasteiger partial charge in [0.2, 0.25) is 0 Å². The van der Waals surface area contributed by atoms with Crippen LogP contribution < -0.4 is 5.32 Å². The first-order chi connectivity index (χ1) is 9.55. The summed E-state index contributed by atoms with van der Waals surface area (Å²) in [5.41, 5.74) is 0.729. The van der Waals surface area contributed by atoms with Crippen molar-refractivity contribution in [1.29, 1.82) is 0 Å². The lowest BCUT2D eigenvalue weighted by Crippen LogP contribution is -2.51.